The number of urea groups is 1. The summed E-state index contributed by atoms with van der Waals surface area (Å²) >= 11 is 0. The largest absolute Gasteiger partial charge is 0.391 e. The maximum absolute atomic E-state index is 12.5. The summed E-state index contributed by atoms with van der Waals surface area (Å²) in [6.07, 6.45) is 6.52. The number of likely N-dealkylation sites (N-methyl/N-ethyl adjacent to an activating group) is 1. The molecule has 0 saturated heterocycles. The maximum Gasteiger partial charge on any atom is 0.317 e. The molecule has 1 aromatic carbocycles. The number of amides is 2. The monoisotopic (exact) mass is 314 g/mol. The summed E-state index contributed by atoms with van der Waals surface area (Å²) in [5.74, 6) is 1.01. The second kappa shape index (κ2) is 5.82. The van der Waals surface area contributed by atoms with Crippen LogP contribution in [0.2, 0.25) is 0 Å². The minimum atomic E-state index is -0.372. The molecule has 4 nitrogen and oxygen atoms in total. The van der Waals surface area contributed by atoms with Gasteiger partial charge in [-0.25, -0.2) is 4.79 Å². The third-order valence-corrected chi connectivity index (χ3v) is 5.80. The van der Waals surface area contributed by atoms with Crippen molar-refractivity contribution in [2.24, 2.45) is 5.92 Å². The molecule has 1 saturated carbocycles. The van der Waals surface area contributed by atoms with Gasteiger partial charge in [-0.2, -0.15) is 0 Å². The van der Waals surface area contributed by atoms with E-state index in [9.17, 15) is 9.90 Å². The van der Waals surface area contributed by atoms with Crippen molar-refractivity contribution in [1.29, 1.82) is 0 Å². The Bertz CT molecular complexity index is 611. The molecule has 0 spiro atoms. The number of carbonyl (C=O) groups is 1. The number of hydrogen-bond acceptors (Lipinski definition) is 2. The van der Waals surface area contributed by atoms with Gasteiger partial charge in [0, 0.05) is 13.6 Å². The fourth-order valence-corrected chi connectivity index (χ4v) is 4.37. The van der Waals surface area contributed by atoms with E-state index < -0.39 is 0 Å². The van der Waals surface area contributed by atoms with Crippen LogP contribution in [0.25, 0.3) is 0 Å². The summed E-state index contributed by atoms with van der Waals surface area (Å²) in [6, 6.07) is 6.61. The Hall–Kier alpha value is -1.55. The predicted molar refractivity (Wildman–Crippen MR) is 89.4 cm³/mol. The Morgan fingerprint density at radius 2 is 2.22 bits per heavy atom. The number of benzene rings is 1. The van der Waals surface area contributed by atoms with Crippen LogP contribution < -0.4 is 5.32 Å². The molecule has 0 radical (unpaired) electrons. The minimum Gasteiger partial charge on any atom is -0.391 e. The van der Waals surface area contributed by atoms with Crippen molar-refractivity contribution in [3.8, 4) is 0 Å². The lowest BCUT2D eigenvalue weighted by atomic mass is 9.84. The number of aliphatic hydroxyl groups excluding tert-OH is 1. The molecular formula is C19H26N2O2. The van der Waals surface area contributed by atoms with Crippen LogP contribution in [0.3, 0.4) is 0 Å². The first-order chi connectivity index (χ1) is 11.1. The molecule has 23 heavy (non-hydrogen) atoms. The van der Waals surface area contributed by atoms with Gasteiger partial charge in [-0.05, 0) is 67.1 Å². The van der Waals surface area contributed by atoms with Gasteiger partial charge >= 0.3 is 6.03 Å². The van der Waals surface area contributed by atoms with Crippen LogP contribution in [-0.4, -0.2) is 35.7 Å². The van der Waals surface area contributed by atoms with Gasteiger partial charge in [-0.15, -0.1) is 0 Å². The van der Waals surface area contributed by atoms with E-state index in [4.69, 9.17) is 0 Å². The number of hydrogen-bond donors (Lipinski definition) is 2. The molecular weight excluding hydrogens is 288 g/mol. The van der Waals surface area contributed by atoms with Gasteiger partial charge in [0.05, 0.1) is 12.1 Å². The van der Waals surface area contributed by atoms with E-state index in [0.717, 1.165) is 19.3 Å². The molecule has 3 aliphatic carbocycles. The summed E-state index contributed by atoms with van der Waals surface area (Å²) < 4.78 is 0. The molecule has 3 atom stereocenters. The molecule has 2 amide bonds. The Labute approximate surface area is 137 Å². The number of aliphatic hydroxyl groups is 1. The average molecular weight is 314 g/mol. The lowest BCUT2D eigenvalue weighted by Crippen LogP contribution is -2.42. The summed E-state index contributed by atoms with van der Waals surface area (Å²) in [5, 5.41) is 13.2. The lowest BCUT2D eigenvalue weighted by molar-refractivity contribution is 0.112. The molecule has 4 heteroatoms. The quantitative estimate of drug-likeness (QED) is 0.898. The lowest BCUT2D eigenvalue weighted by Gasteiger charge is -2.24. The molecule has 0 heterocycles. The highest BCUT2D eigenvalue weighted by atomic mass is 16.3. The standard InChI is InChI=1S/C19H26N2O2/c1-21(11-17(22)12-8-9-12)19(23)20-16-10-14-6-2-4-13-5-3-7-15(16)18(13)14/h3,5,7,12,14,16-17,22H,2,4,6,8-11H2,1H3,(H,20,23). The predicted octanol–water partition coefficient (Wildman–Crippen LogP) is 2.96. The van der Waals surface area contributed by atoms with Crippen molar-refractivity contribution in [2.45, 2.75) is 56.6 Å². The summed E-state index contributed by atoms with van der Waals surface area (Å²) in [6.45, 7) is 0.430. The van der Waals surface area contributed by atoms with Crippen molar-refractivity contribution in [1.82, 2.24) is 10.2 Å². The number of rotatable bonds is 4. The Morgan fingerprint density at radius 3 is 3.00 bits per heavy atom. The SMILES string of the molecule is CN(CC(O)C1CC1)C(=O)NC1CC2CCCc3cccc1c32. The van der Waals surface area contributed by atoms with E-state index in [2.05, 4.69) is 23.5 Å². The van der Waals surface area contributed by atoms with Gasteiger partial charge in [-0.3, -0.25) is 0 Å². The zero-order valence-electron chi connectivity index (χ0n) is 13.8. The van der Waals surface area contributed by atoms with Crippen molar-refractivity contribution in [2.75, 3.05) is 13.6 Å². The zero-order chi connectivity index (χ0) is 16.0. The molecule has 1 aromatic rings. The highest BCUT2D eigenvalue weighted by Gasteiger charge is 2.36. The molecule has 1 fully saturated rings. The van der Waals surface area contributed by atoms with E-state index in [1.807, 2.05) is 0 Å². The molecule has 2 N–H and O–H groups in total. The normalized spacial score (nSPS) is 26.5. The van der Waals surface area contributed by atoms with E-state index in [1.54, 1.807) is 11.9 Å². The van der Waals surface area contributed by atoms with E-state index in [-0.39, 0.29) is 18.2 Å². The number of nitrogens with zero attached hydrogens (tertiary/aromatic N) is 1. The van der Waals surface area contributed by atoms with Crippen LogP contribution in [0.4, 0.5) is 4.79 Å². The van der Waals surface area contributed by atoms with Gasteiger partial charge in [0.1, 0.15) is 0 Å². The maximum atomic E-state index is 12.5. The van der Waals surface area contributed by atoms with Crippen molar-refractivity contribution < 1.29 is 9.90 Å². The molecule has 4 rings (SSSR count). The first-order valence-corrected chi connectivity index (χ1v) is 8.95. The fourth-order valence-electron chi connectivity index (χ4n) is 4.37. The van der Waals surface area contributed by atoms with Crippen molar-refractivity contribution >= 4 is 6.03 Å². The third-order valence-electron chi connectivity index (χ3n) is 5.80. The van der Waals surface area contributed by atoms with Crippen LogP contribution in [0.15, 0.2) is 18.2 Å². The van der Waals surface area contributed by atoms with E-state index in [1.165, 1.54) is 36.0 Å². The Balaban J connectivity index is 1.44. The molecule has 0 aliphatic heterocycles. The smallest absolute Gasteiger partial charge is 0.317 e. The van der Waals surface area contributed by atoms with Crippen LogP contribution in [0.5, 0.6) is 0 Å². The minimum absolute atomic E-state index is 0.0639. The first-order valence-electron chi connectivity index (χ1n) is 8.95. The molecule has 3 aliphatic rings. The van der Waals surface area contributed by atoms with Gasteiger partial charge in [0.2, 0.25) is 0 Å². The molecule has 3 unspecified atom stereocenters. The molecule has 0 aromatic heterocycles. The van der Waals surface area contributed by atoms with Crippen molar-refractivity contribution in [3.63, 3.8) is 0 Å². The average Bonchev–Trinajstić information content (AvgIpc) is 3.34. The fraction of sp³-hybridized carbons (Fsp3) is 0.632. The Morgan fingerprint density at radius 1 is 1.39 bits per heavy atom. The number of nitrogens with one attached hydrogen (secondary N) is 1. The van der Waals surface area contributed by atoms with Gasteiger partial charge in [0.25, 0.3) is 0 Å². The molecule has 0 bridgehead atoms. The first kappa shape index (κ1) is 15.0. The van der Waals surface area contributed by atoms with Gasteiger partial charge < -0.3 is 15.3 Å². The zero-order valence-corrected chi connectivity index (χ0v) is 13.8. The topological polar surface area (TPSA) is 52.6 Å². The summed E-state index contributed by atoms with van der Waals surface area (Å²) in [7, 11) is 1.78. The Kier molecular flexibility index (Phi) is 3.80. The van der Waals surface area contributed by atoms with E-state index >= 15 is 0 Å². The summed E-state index contributed by atoms with van der Waals surface area (Å²) in [4.78, 5) is 14.1. The van der Waals surface area contributed by atoms with Gasteiger partial charge in [-0.1, -0.05) is 18.2 Å². The second-order valence-electron chi connectivity index (χ2n) is 7.53. The van der Waals surface area contributed by atoms with E-state index in [0.29, 0.717) is 18.4 Å². The van der Waals surface area contributed by atoms with Crippen LogP contribution in [0.1, 0.15) is 60.8 Å². The van der Waals surface area contributed by atoms with Crippen molar-refractivity contribution in [3.05, 3.63) is 34.9 Å². The van der Waals surface area contributed by atoms with Gasteiger partial charge in [0.15, 0.2) is 0 Å². The highest BCUT2D eigenvalue weighted by molar-refractivity contribution is 5.75. The number of carbonyl (C=O) groups excluding carboxylic acids is 1. The van der Waals surface area contributed by atoms with Crippen LogP contribution in [0, 0.1) is 5.92 Å². The second-order valence-corrected chi connectivity index (χ2v) is 7.53. The number of aryl methyl sites for hydroxylation is 1. The highest BCUT2D eigenvalue weighted by Crippen LogP contribution is 2.47. The summed E-state index contributed by atoms with van der Waals surface area (Å²) in [5.41, 5.74) is 4.30. The van der Waals surface area contributed by atoms with Crippen LogP contribution in [-0.2, 0) is 6.42 Å². The van der Waals surface area contributed by atoms with Crippen LogP contribution >= 0.6 is 0 Å². The third kappa shape index (κ3) is 2.85. The molecule has 124 valence electrons.